The van der Waals surface area contributed by atoms with Crippen LogP contribution in [0.5, 0.6) is 0 Å². The molecule has 0 radical (unpaired) electrons. The normalized spacial score (nSPS) is 12.0. The zero-order valence-electron chi connectivity index (χ0n) is 9.71. The summed E-state index contributed by atoms with van der Waals surface area (Å²) < 4.78 is 5.91. The fourth-order valence-electron chi connectivity index (χ4n) is 1.35. The van der Waals surface area contributed by atoms with Gasteiger partial charge in [0.25, 0.3) is 0 Å². The number of halogens is 1. The van der Waals surface area contributed by atoms with Gasteiger partial charge in [0, 0.05) is 9.26 Å². The number of aryl methyl sites for hydroxylation is 1. The lowest BCUT2D eigenvalue weighted by Crippen LogP contribution is -2.29. The van der Waals surface area contributed by atoms with Crippen molar-refractivity contribution < 1.29 is 9.53 Å². The van der Waals surface area contributed by atoms with Crippen molar-refractivity contribution >= 4 is 34.2 Å². The molecule has 1 atom stereocenters. The van der Waals surface area contributed by atoms with Gasteiger partial charge in [0.2, 0.25) is 0 Å². The predicted molar refractivity (Wildman–Crippen MR) is 73.6 cm³/mol. The molecule has 0 heterocycles. The summed E-state index contributed by atoms with van der Waals surface area (Å²) in [6.07, 6.45) is 0.705. The zero-order chi connectivity index (χ0) is 12.1. The van der Waals surface area contributed by atoms with Crippen LogP contribution in [0.2, 0.25) is 0 Å². The van der Waals surface area contributed by atoms with Crippen molar-refractivity contribution in [3.8, 4) is 0 Å². The molecule has 0 amide bonds. The molecular formula is C12H16INO2. The van der Waals surface area contributed by atoms with E-state index in [9.17, 15) is 4.79 Å². The second-order valence-electron chi connectivity index (χ2n) is 3.59. The van der Waals surface area contributed by atoms with Gasteiger partial charge in [0.1, 0.15) is 6.04 Å². The minimum Gasteiger partial charge on any atom is -0.467 e. The Morgan fingerprint density at radius 1 is 1.56 bits per heavy atom. The molecular weight excluding hydrogens is 317 g/mol. The maximum Gasteiger partial charge on any atom is 0.328 e. The highest BCUT2D eigenvalue weighted by atomic mass is 127. The van der Waals surface area contributed by atoms with E-state index in [-0.39, 0.29) is 12.0 Å². The number of benzene rings is 1. The molecule has 0 aromatic heterocycles. The van der Waals surface area contributed by atoms with Crippen LogP contribution in [0.1, 0.15) is 18.9 Å². The number of rotatable bonds is 4. The third-order valence-corrected chi connectivity index (χ3v) is 3.57. The lowest BCUT2D eigenvalue weighted by atomic mass is 10.2. The Kier molecular flexibility index (Phi) is 5.05. The SMILES string of the molecule is CCC(Nc1ccc(C)c(I)c1)C(=O)OC. The first kappa shape index (κ1) is 13.3. The molecule has 0 bridgehead atoms. The smallest absolute Gasteiger partial charge is 0.328 e. The van der Waals surface area contributed by atoms with Crippen LogP contribution in [0.25, 0.3) is 0 Å². The summed E-state index contributed by atoms with van der Waals surface area (Å²) in [5, 5.41) is 3.17. The summed E-state index contributed by atoms with van der Waals surface area (Å²) in [5.74, 6) is -0.224. The number of nitrogens with one attached hydrogen (secondary N) is 1. The number of hydrogen-bond acceptors (Lipinski definition) is 3. The minimum absolute atomic E-state index is 0.224. The van der Waals surface area contributed by atoms with E-state index >= 15 is 0 Å². The molecule has 0 saturated heterocycles. The fraction of sp³-hybridized carbons (Fsp3) is 0.417. The number of hydrogen-bond donors (Lipinski definition) is 1. The molecule has 3 nitrogen and oxygen atoms in total. The number of carbonyl (C=O) groups excluding carboxylic acids is 1. The molecule has 1 aromatic rings. The van der Waals surface area contributed by atoms with E-state index < -0.39 is 0 Å². The molecule has 0 fully saturated rings. The van der Waals surface area contributed by atoms with Crippen LogP contribution in [0.3, 0.4) is 0 Å². The van der Waals surface area contributed by atoms with Crippen LogP contribution in [0.15, 0.2) is 18.2 Å². The number of anilines is 1. The molecule has 0 aliphatic rings. The second kappa shape index (κ2) is 6.08. The average Bonchev–Trinajstić information content (AvgIpc) is 2.29. The van der Waals surface area contributed by atoms with Crippen LogP contribution in [-0.2, 0) is 9.53 Å². The standard InChI is InChI=1S/C12H16INO2/c1-4-11(12(15)16-3)14-9-6-5-8(2)10(13)7-9/h5-7,11,14H,4H2,1-3H3. The van der Waals surface area contributed by atoms with E-state index in [1.807, 2.05) is 25.1 Å². The summed E-state index contributed by atoms with van der Waals surface area (Å²) in [6, 6.07) is 5.77. The Labute approximate surface area is 110 Å². The van der Waals surface area contributed by atoms with Crippen LogP contribution >= 0.6 is 22.6 Å². The minimum atomic E-state index is -0.275. The molecule has 16 heavy (non-hydrogen) atoms. The van der Waals surface area contributed by atoms with Gasteiger partial charge in [0.15, 0.2) is 0 Å². The van der Waals surface area contributed by atoms with E-state index in [2.05, 4.69) is 34.8 Å². The first-order chi connectivity index (χ1) is 7.58. The monoisotopic (exact) mass is 333 g/mol. The second-order valence-corrected chi connectivity index (χ2v) is 4.75. The van der Waals surface area contributed by atoms with E-state index in [0.29, 0.717) is 6.42 Å². The van der Waals surface area contributed by atoms with Crippen LogP contribution < -0.4 is 5.32 Å². The van der Waals surface area contributed by atoms with Crippen molar-refractivity contribution in [2.24, 2.45) is 0 Å². The van der Waals surface area contributed by atoms with Gasteiger partial charge in [-0.15, -0.1) is 0 Å². The third kappa shape index (κ3) is 3.37. The largest absolute Gasteiger partial charge is 0.467 e. The van der Waals surface area contributed by atoms with Crippen molar-refractivity contribution in [3.63, 3.8) is 0 Å². The fourth-order valence-corrected chi connectivity index (χ4v) is 1.87. The summed E-state index contributed by atoms with van der Waals surface area (Å²) in [5.41, 5.74) is 2.18. The molecule has 4 heteroatoms. The van der Waals surface area contributed by atoms with E-state index in [1.54, 1.807) is 0 Å². The van der Waals surface area contributed by atoms with Gasteiger partial charge in [-0.05, 0) is 53.6 Å². The molecule has 0 aliphatic carbocycles. The molecule has 0 saturated carbocycles. The van der Waals surface area contributed by atoms with Crippen molar-refractivity contribution in [1.82, 2.24) is 0 Å². The summed E-state index contributed by atoms with van der Waals surface area (Å²) in [4.78, 5) is 11.4. The molecule has 1 N–H and O–H groups in total. The van der Waals surface area contributed by atoms with Crippen molar-refractivity contribution in [2.45, 2.75) is 26.3 Å². The van der Waals surface area contributed by atoms with Crippen LogP contribution in [-0.4, -0.2) is 19.1 Å². The lowest BCUT2D eigenvalue weighted by Gasteiger charge is -2.16. The molecule has 0 aliphatic heterocycles. The average molecular weight is 333 g/mol. The van der Waals surface area contributed by atoms with Gasteiger partial charge >= 0.3 is 5.97 Å². The number of methoxy groups -OCH3 is 1. The molecule has 1 unspecified atom stereocenters. The van der Waals surface area contributed by atoms with E-state index in [4.69, 9.17) is 4.74 Å². The van der Waals surface area contributed by atoms with E-state index in [1.165, 1.54) is 16.2 Å². The topological polar surface area (TPSA) is 38.3 Å². The summed E-state index contributed by atoms with van der Waals surface area (Å²) in [6.45, 7) is 4.01. The maximum atomic E-state index is 11.4. The predicted octanol–water partition coefficient (Wildman–Crippen LogP) is 2.96. The Morgan fingerprint density at radius 2 is 2.25 bits per heavy atom. The lowest BCUT2D eigenvalue weighted by molar-refractivity contribution is -0.141. The molecule has 1 aromatic carbocycles. The Hall–Kier alpha value is -0.780. The van der Waals surface area contributed by atoms with Gasteiger partial charge < -0.3 is 10.1 Å². The number of carbonyl (C=O) groups is 1. The van der Waals surface area contributed by atoms with Gasteiger partial charge in [-0.3, -0.25) is 0 Å². The highest BCUT2D eigenvalue weighted by molar-refractivity contribution is 14.1. The van der Waals surface area contributed by atoms with Crippen LogP contribution in [0, 0.1) is 10.5 Å². The van der Waals surface area contributed by atoms with Crippen molar-refractivity contribution in [2.75, 3.05) is 12.4 Å². The van der Waals surface area contributed by atoms with Gasteiger partial charge in [-0.2, -0.15) is 0 Å². The van der Waals surface area contributed by atoms with Gasteiger partial charge in [0.05, 0.1) is 7.11 Å². The van der Waals surface area contributed by atoms with Crippen molar-refractivity contribution in [1.29, 1.82) is 0 Å². The number of ether oxygens (including phenoxy) is 1. The molecule has 1 rings (SSSR count). The Morgan fingerprint density at radius 3 is 2.75 bits per heavy atom. The molecule has 0 spiro atoms. The highest BCUT2D eigenvalue weighted by Crippen LogP contribution is 2.18. The summed E-state index contributed by atoms with van der Waals surface area (Å²) >= 11 is 2.28. The third-order valence-electron chi connectivity index (χ3n) is 2.41. The Bertz CT molecular complexity index is 379. The zero-order valence-corrected chi connectivity index (χ0v) is 11.9. The van der Waals surface area contributed by atoms with Gasteiger partial charge in [-0.1, -0.05) is 13.0 Å². The van der Waals surface area contributed by atoms with Crippen molar-refractivity contribution in [3.05, 3.63) is 27.3 Å². The first-order valence-corrected chi connectivity index (χ1v) is 6.26. The number of esters is 1. The quantitative estimate of drug-likeness (QED) is 0.680. The van der Waals surface area contributed by atoms with Crippen LogP contribution in [0.4, 0.5) is 5.69 Å². The van der Waals surface area contributed by atoms with Gasteiger partial charge in [-0.25, -0.2) is 4.79 Å². The maximum absolute atomic E-state index is 11.4. The highest BCUT2D eigenvalue weighted by Gasteiger charge is 2.16. The first-order valence-electron chi connectivity index (χ1n) is 5.19. The van der Waals surface area contributed by atoms with E-state index in [0.717, 1.165) is 5.69 Å². The Balaban J connectivity index is 2.78. The molecule has 88 valence electrons. The summed E-state index contributed by atoms with van der Waals surface area (Å²) in [7, 11) is 1.41.